The van der Waals surface area contributed by atoms with Crippen LogP contribution >= 0.6 is 15.9 Å². The van der Waals surface area contributed by atoms with E-state index in [2.05, 4.69) is 63.7 Å². The van der Waals surface area contributed by atoms with E-state index in [0.29, 0.717) is 0 Å². The molecular weight excluding hydrogens is 288 g/mol. The average Bonchev–Trinajstić information content (AvgIpc) is 2.71. The van der Waals surface area contributed by atoms with Gasteiger partial charge in [-0.1, -0.05) is 35.0 Å². The van der Waals surface area contributed by atoms with Crippen molar-refractivity contribution in [2.24, 2.45) is 13.0 Å². The predicted octanol–water partition coefficient (Wildman–Crippen LogP) is 3.90. The summed E-state index contributed by atoms with van der Waals surface area (Å²) in [7, 11) is 2.09. The second-order valence-electron chi connectivity index (χ2n) is 5.47. The number of aryl methyl sites for hydroxylation is 1. The van der Waals surface area contributed by atoms with Crippen LogP contribution < -0.4 is 0 Å². The number of aromatic nitrogens is 2. The van der Waals surface area contributed by atoms with E-state index in [4.69, 9.17) is 0 Å². The monoisotopic (exact) mass is 304 g/mol. The van der Waals surface area contributed by atoms with Crippen LogP contribution in [0.3, 0.4) is 0 Å². The lowest BCUT2D eigenvalue weighted by Crippen LogP contribution is -2.43. The first-order valence-electron chi connectivity index (χ1n) is 6.36. The zero-order valence-corrected chi connectivity index (χ0v) is 12.3. The quantitative estimate of drug-likeness (QED) is 0.823. The van der Waals surface area contributed by atoms with E-state index in [1.165, 1.54) is 24.2 Å². The van der Waals surface area contributed by atoms with Crippen LogP contribution in [0, 0.1) is 5.92 Å². The number of hydrogen-bond acceptors (Lipinski definition) is 1. The van der Waals surface area contributed by atoms with Crippen molar-refractivity contribution in [2.45, 2.75) is 25.2 Å². The number of rotatable bonds is 2. The first-order valence-corrected chi connectivity index (χ1v) is 7.15. The highest BCUT2D eigenvalue weighted by Crippen LogP contribution is 2.51. The SMILES string of the molecule is CC1CC(c2cccc(Br)c2)(c2nccn2C)C1. The van der Waals surface area contributed by atoms with Gasteiger partial charge in [0.15, 0.2) is 0 Å². The molecule has 1 aliphatic carbocycles. The highest BCUT2D eigenvalue weighted by atomic mass is 79.9. The van der Waals surface area contributed by atoms with Crippen LogP contribution in [0.25, 0.3) is 0 Å². The van der Waals surface area contributed by atoms with E-state index in [9.17, 15) is 0 Å². The lowest BCUT2D eigenvalue weighted by Gasteiger charge is -2.46. The number of hydrogen-bond donors (Lipinski definition) is 0. The summed E-state index contributed by atoms with van der Waals surface area (Å²) in [5, 5.41) is 0. The molecule has 0 unspecified atom stereocenters. The van der Waals surface area contributed by atoms with Gasteiger partial charge in [0.1, 0.15) is 5.82 Å². The smallest absolute Gasteiger partial charge is 0.119 e. The minimum atomic E-state index is 0.113. The minimum Gasteiger partial charge on any atom is -0.337 e. The molecule has 94 valence electrons. The van der Waals surface area contributed by atoms with Gasteiger partial charge in [-0.25, -0.2) is 4.98 Å². The Morgan fingerprint density at radius 1 is 1.39 bits per heavy atom. The van der Waals surface area contributed by atoms with Crippen LogP contribution in [0.1, 0.15) is 31.2 Å². The summed E-state index contributed by atoms with van der Waals surface area (Å²) in [4.78, 5) is 4.60. The van der Waals surface area contributed by atoms with Crippen molar-refractivity contribution in [3.8, 4) is 0 Å². The van der Waals surface area contributed by atoms with Gasteiger partial charge in [-0.3, -0.25) is 0 Å². The normalized spacial score (nSPS) is 26.9. The molecule has 2 aromatic rings. The molecule has 1 aromatic carbocycles. The average molecular weight is 305 g/mol. The second-order valence-corrected chi connectivity index (χ2v) is 6.38. The summed E-state index contributed by atoms with van der Waals surface area (Å²) in [6.07, 6.45) is 6.32. The van der Waals surface area contributed by atoms with Gasteiger partial charge in [-0.05, 0) is 36.5 Å². The molecule has 0 spiro atoms. The van der Waals surface area contributed by atoms with E-state index in [0.717, 1.165) is 10.4 Å². The zero-order valence-electron chi connectivity index (χ0n) is 10.7. The van der Waals surface area contributed by atoms with Gasteiger partial charge in [0.05, 0.1) is 5.41 Å². The highest BCUT2D eigenvalue weighted by molar-refractivity contribution is 9.10. The predicted molar refractivity (Wildman–Crippen MR) is 76.5 cm³/mol. The molecule has 0 radical (unpaired) electrons. The molecule has 0 amide bonds. The highest BCUT2D eigenvalue weighted by Gasteiger charge is 2.47. The Morgan fingerprint density at radius 2 is 2.17 bits per heavy atom. The molecule has 0 N–H and O–H groups in total. The van der Waals surface area contributed by atoms with Gasteiger partial charge < -0.3 is 4.57 Å². The van der Waals surface area contributed by atoms with Crippen molar-refractivity contribution in [3.05, 3.63) is 52.5 Å². The topological polar surface area (TPSA) is 17.8 Å². The summed E-state index contributed by atoms with van der Waals surface area (Å²) in [6.45, 7) is 2.32. The molecule has 0 atom stereocenters. The third-order valence-corrected chi connectivity index (χ3v) is 4.51. The number of benzene rings is 1. The van der Waals surface area contributed by atoms with Crippen molar-refractivity contribution in [1.82, 2.24) is 9.55 Å². The second kappa shape index (κ2) is 4.23. The Morgan fingerprint density at radius 3 is 2.72 bits per heavy atom. The molecule has 1 aliphatic rings. The Labute approximate surface area is 116 Å². The fourth-order valence-electron chi connectivity index (χ4n) is 3.29. The number of halogens is 1. The molecule has 2 nitrogen and oxygen atoms in total. The van der Waals surface area contributed by atoms with Crippen LogP contribution in [-0.4, -0.2) is 9.55 Å². The van der Waals surface area contributed by atoms with Crippen LogP contribution in [0.5, 0.6) is 0 Å². The number of imidazole rings is 1. The molecule has 3 heteroatoms. The van der Waals surface area contributed by atoms with E-state index in [1.54, 1.807) is 0 Å². The van der Waals surface area contributed by atoms with Crippen LogP contribution in [0.4, 0.5) is 0 Å². The van der Waals surface area contributed by atoms with Crippen LogP contribution in [0.2, 0.25) is 0 Å². The van der Waals surface area contributed by atoms with Crippen molar-refractivity contribution in [2.75, 3.05) is 0 Å². The molecule has 1 aromatic heterocycles. The van der Waals surface area contributed by atoms with Gasteiger partial charge in [-0.2, -0.15) is 0 Å². The lowest BCUT2D eigenvalue weighted by atomic mass is 9.58. The summed E-state index contributed by atoms with van der Waals surface area (Å²) >= 11 is 3.58. The van der Waals surface area contributed by atoms with E-state index in [-0.39, 0.29) is 5.41 Å². The summed E-state index contributed by atoms with van der Waals surface area (Å²) in [5.74, 6) is 1.97. The molecule has 1 heterocycles. The fourth-order valence-corrected chi connectivity index (χ4v) is 3.69. The zero-order chi connectivity index (χ0) is 12.8. The Bertz CT molecular complexity index is 567. The molecule has 18 heavy (non-hydrogen) atoms. The van der Waals surface area contributed by atoms with Crippen molar-refractivity contribution >= 4 is 15.9 Å². The summed E-state index contributed by atoms with van der Waals surface area (Å²) in [6, 6.07) is 8.66. The summed E-state index contributed by atoms with van der Waals surface area (Å²) in [5.41, 5.74) is 1.49. The molecule has 3 rings (SSSR count). The van der Waals surface area contributed by atoms with E-state index in [1.807, 2.05) is 12.4 Å². The fraction of sp³-hybridized carbons (Fsp3) is 0.400. The van der Waals surface area contributed by atoms with Crippen LogP contribution in [0.15, 0.2) is 41.1 Å². The maximum absolute atomic E-state index is 4.60. The van der Waals surface area contributed by atoms with Gasteiger partial charge in [0.2, 0.25) is 0 Å². The van der Waals surface area contributed by atoms with Crippen molar-refractivity contribution in [1.29, 1.82) is 0 Å². The summed E-state index contributed by atoms with van der Waals surface area (Å²) < 4.78 is 3.31. The minimum absolute atomic E-state index is 0.113. The van der Waals surface area contributed by atoms with Gasteiger partial charge >= 0.3 is 0 Å². The van der Waals surface area contributed by atoms with Crippen LogP contribution in [-0.2, 0) is 12.5 Å². The van der Waals surface area contributed by atoms with E-state index >= 15 is 0 Å². The van der Waals surface area contributed by atoms with Gasteiger partial charge in [0, 0.05) is 23.9 Å². The standard InChI is InChI=1S/C15H17BrN2/c1-11-9-15(10-11,14-17-6-7-18(14)2)12-4-3-5-13(16)8-12/h3-8,11H,9-10H2,1-2H3. The first kappa shape index (κ1) is 12.0. The van der Waals surface area contributed by atoms with Gasteiger partial charge in [0.25, 0.3) is 0 Å². The maximum Gasteiger partial charge on any atom is 0.119 e. The third kappa shape index (κ3) is 1.72. The molecule has 0 bridgehead atoms. The molecule has 1 fully saturated rings. The number of nitrogens with zero attached hydrogens (tertiary/aromatic N) is 2. The Kier molecular flexibility index (Phi) is 2.81. The Balaban J connectivity index is 2.11. The largest absolute Gasteiger partial charge is 0.337 e. The third-order valence-electron chi connectivity index (χ3n) is 4.02. The molecular formula is C15H17BrN2. The lowest BCUT2D eigenvalue weighted by molar-refractivity contribution is 0.186. The molecule has 0 saturated heterocycles. The maximum atomic E-state index is 4.60. The van der Waals surface area contributed by atoms with Crippen molar-refractivity contribution in [3.63, 3.8) is 0 Å². The Hall–Kier alpha value is -1.09. The van der Waals surface area contributed by atoms with E-state index < -0.39 is 0 Å². The van der Waals surface area contributed by atoms with Crippen molar-refractivity contribution < 1.29 is 0 Å². The molecule has 1 saturated carbocycles. The molecule has 0 aliphatic heterocycles. The van der Waals surface area contributed by atoms with Gasteiger partial charge in [-0.15, -0.1) is 0 Å². The first-order chi connectivity index (χ1) is 8.62.